The molecule has 0 unspecified atom stereocenters. The van der Waals surface area contributed by atoms with Crippen molar-refractivity contribution < 1.29 is 14.4 Å². The quantitative estimate of drug-likeness (QED) is 0.453. The van der Waals surface area contributed by atoms with Crippen LogP contribution >= 0.6 is 7.75 Å². The zero-order valence-electron chi connectivity index (χ0n) is 3.46. The molecule has 0 saturated heterocycles. The maximum atomic E-state index is 9.52. The minimum absolute atomic E-state index is 0.820. The molecule has 0 amide bonds. The van der Waals surface area contributed by atoms with Crippen LogP contribution in [0.4, 0.5) is 0 Å². The third-order valence-corrected chi connectivity index (χ3v) is 0.748. The highest BCUT2D eigenvalue weighted by molar-refractivity contribution is 7.46. The SMILES string of the molecule is C=CNP(=O)([O-])[O-]. The predicted molar refractivity (Wildman–Crippen MR) is 20.9 cm³/mol. The van der Waals surface area contributed by atoms with Crippen molar-refractivity contribution in [3.63, 3.8) is 0 Å². The molecule has 0 spiro atoms. The van der Waals surface area contributed by atoms with E-state index < -0.39 is 7.75 Å². The highest BCUT2D eigenvalue weighted by Crippen LogP contribution is 2.13. The molecule has 0 aliphatic rings. The molecule has 42 valence electrons. The average Bonchev–Trinajstić information content (AvgIpc) is 1.30. The normalized spacial score (nSPS) is 10.6. The van der Waals surface area contributed by atoms with E-state index in [2.05, 4.69) is 6.58 Å². The molecule has 0 heterocycles. The smallest absolute Gasteiger partial charge is 0.0218 e. The van der Waals surface area contributed by atoms with Gasteiger partial charge in [-0.15, -0.1) is 0 Å². The first kappa shape index (κ1) is 6.69. The van der Waals surface area contributed by atoms with E-state index in [-0.39, 0.29) is 0 Å². The Bertz CT molecular complexity index is 106. The maximum Gasteiger partial charge on any atom is 0.0218 e. The fourth-order valence-electron chi connectivity index (χ4n) is 0.112. The van der Waals surface area contributed by atoms with Crippen LogP contribution < -0.4 is 14.9 Å². The molecule has 0 aromatic rings. The second-order valence-electron chi connectivity index (χ2n) is 0.831. The van der Waals surface area contributed by atoms with E-state index in [4.69, 9.17) is 0 Å². The van der Waals surface area contributed by atoms with Crippen LogP contribution in [0.15, 0.2) is 12.8 Å². The van der Waals surface area contributed by atoms with Crippen molar-refractivity contribution in [1.82, 2.24) is 5.09 Å². The number of rotatable bonds is 2. The van der Waals surface area contributed by atoms with Crippen molar-refractivity contribution in [3.8, 4) is 0 Å². The van der Waals surface area contributed by atoms with Crippen LogP contribution in [0.3, 0.4) is 0 Å². The molecule has 0 atom stereocenters. The second-order valence-corrected chi connectivity index (χ2v) is 2.08. The van der Waals surface area contributed by atoms with Gasteiger partial charge in [0.1, 0.15) is 0 Å². The first-order valence-electron chi connectivity index (χ1n) is 1.47. The van der Waals surface area contributed by atoms with Gasteiger partial charge in [0, 0.05) is 7.75 Å². The number of hydrogen-bond donors (Lipinski definition) is 1. The summed E-state index contributed by atoms with van der Waals surface area (Å²) in [7, 11) is -4.53. The summed E-state index contributed by atoms with van der Waals surface area (Å²) in [5, 5.41) is 1.49. The molecule has 0 fully saturated rings. The first-order chi connectivity index (χ1) is 3.06. The summed E-state index contributed by atoms with van der Waals surface area (Å²) >= 11 is 0. The lowest BCUT2D eigenvalue weighted by Crippen LogP contribution is -2.23. The van der Waals surface area contributed by atoms with Crippen molar-refractivity contribution in [1.29, 1.82) is 0 Å². The minimum Gasteiger partial charge on any atom is -0.795 e. The molecule has 0 rings (SSSR count). The Morgan fingerprint density at radius 1 is 1.71 bits per heavy atom. The van der Waals surface area contributed by atoms with Crippen LogP contribution in [0.1, 0.15) is 0 Å². The molecule has 0 aromatic heterocycles. The highest BCUT2D eigenvalue weighted by atomic mass is 31.2. The summed E-state index contributed by atoms with van der Waals surface area (Å²) in [4.78, 5) is 19.0. The monoisotopic (exact) mass is 121 g/mol. The highest BCUT2D eigenvalue weighted by Gasteiger charge is 1.75. The molecule has 0 aliphatic heterocycles. The molecule has 4 nitrogen and oxygen atoms in total. The third kappa shape index (κ3) is 5.69. The summed E-state index contributed by atoms with van der Waals surface area (Å²) in [6.07, 6.45) is 0.820. The lowest BCUT2D eigenvalue weighted by atomic mass is 11.1. The van der Waals surface area contributed by atoms with Gasteiger partial charge in [-0.3, -0.25) is 0 Å². The lowest BCUT2D eigenvalue weighted by molar-refractivity contribution is -0.316. The van der Waals surface area contributed by atoms with E-state index in [1.807, 2.05) is 0 Å². The molecule has 0 bridgehead atoms. The Balaban J connectivity index is 3.57. The standard InChI is InChI=1S/C2H6NO3P/c1-2-3-7(4,5)6/h2H,1H2,(H3,3,4,5,6)/p-2. The van der Waals surface area contributed by atoms with Gasteiger partial charge in [-0.1, -0.05) is 6.58 Å². The Hall–Kier alpha value is -0.310. The zero-order valence-corrected chi connectivity index (χ0v) is 4.35. The fraction of sp³-hybridized carbons (Fsp3) is 0. The van der Waals surface area contributed by atoms with Gasteiger partial charge in [-0.25, -0.2) is 0 Å². The fourth-order valence-corrected chi connectivity index (χ4v) is 0.335. The van der Waals surface area contributed by atoms with Crippen molar-refractivity contribution in [2.45, 2.75) is 0 Å². The number of hydrogen-bond acceptors (Lipinski definition) is 3. The summed E-state index contributed by atoms with van der Waals surface area (Å²) in [6, 6.07) is 0. The Labute approximate surface area is 41.1 Å². The summed E-state index contributed by atoms with van der Waals surface area (Å²) < 4.78 is 9.52. The molecule has 7 heavy (non-hydrogen) atoms. The average molecular weight is 121 g/mol. The van der Waals surface area contributed by atoms with Gasteiger partial charge in [-0.05, 0) is 6.20 Å². The predicted octanol–water partition coefficient (Wildman–Crippen LogP) is -1.45. The Kier molecular flexibility index (Phi) is 2.02. The Morgan fingerprint density at radius 3 is 2.14 bits per heavy atom. The van der Waals surface area contributed by atoms with Crippen LogP contribution in [-0.4, -0.2) is 0 Å². The van der Waals surface area contributed by atoms with Gasteiger partial charge < -0.3 is 19.4 Å². The van der Waals surface area contributed by atoms with Gasteiger partial charge in [0.25, 0.3) is 0 Å². The number of nitrogens with one attached hydrogen (secondary N) is 1. The largest absolute Gasteiger partial charge is 0.795 e. The molecule has 5 heteroatoms. The zero-order chi connectivity index (χ0) is 5.91. The third-order valence-electron chi connectivity index (χ3n) is 0.249. The van der Waals surface area contributed by atoms with Crippen molar-refractivity contribution in [2.75, 3.05) is 0 Å². The maximum absolute atomic E-state index is 9.52. The van der Waals surface area contributed by atoms with E-state index in [9.17, 15) is 14.4 Å². The van der Waals surface area contributed by atoms with Crippen LogP contribution in [0.25, 0.3) is 0 Å². The van der Waals surface area contributed by atoms with Gasteiger partial charge in [0.2, 0.25) is 0 Å². The van der Waals surface area contributed by atoms with Crippen LogP contribution in [-0.2, 0) is 4.57 Å². The minimum atomic E-state index is -4.53. The molecule has 0 radical (unpaired) electrons. The summed E-state index contributed by atoms with van der Waals surface area (Å²) in [6.45, 7) is 2.96. The van der Waals surface area contributed by atoms with E-state index in [1.54, 1.807) is 0 Å². The molecule has 0 saturated carbocycles. The van der Waals surface area contributed by atoms with Crippen molar-refractivity contribution >= 4 is 7.75 Å². The lowest BCUT2D eigenvalue weighted by Gasteiger charge is -2.28. The van der Waals surface area contributed by atoms with Crippen LogP contribution in [0.2, 0.25) is 0 Å². The van der Waals surface area contributed by atoms with Gasteiger partial charge in [0.05, 0.1) is 0 Å². The molecule has 0 aromatic carbocycles. The Morgan fingerprint density at radius 2 is 2.14 bits per heavy atom. The van der Waals surface area contributed by atoms with Crippen LogP contribution in [0.5, 0.6) is 0 Å². The first-order valence-corrected chi connectivity index (χ1v) is 3.01. The molecule has 1 N–H and O–H groups in total. The van der Waals surface area contributed by atoms with Crippen molar-refractivity contribution in [3.05, 3.63) is 12.8 Å². The topological polar surface area (TPSA) is 75.2 Å². The van der Waals surface area contributed by atoms with E-state index in [0.29, 0.717) is 0 Å². The molecular formula is C2H4NO3P-2. The van der Waals surface area contributed by atoms with E-state index in [1.165, 1.54) is 5.09 Å². The van der Waals surface area contributed by atoms with E-state index in [0.717, 1.165) is 6.20 Å². The molecular weight excluding hydrogens is 117 g/mol. The molecule has 0 aliphatic carbocycles. The van der Waals surface area contributed by atoms with Crippen LogP contribution in [0, 0.1) is 0 Å². The van der Waals surface area contributed by atoms with E-state index >= 15 is 0 Å². The van der Waals surface area contributed by atoms with Gasteiger partial charge in [0.15, 0.2) is 0 Å². The van der Waals surface area contributed by atoms with Gasteiger partial charge >= 0.3 is 0 Å². The van der Waals surface area contributed by atoms with Gasteiger partial charge in [-0.2, -0.15) is 0 Å². The second kappa shape index (κ2) is 2.12. The van der Waals surface area contributed by atoms with Crippen molar-refractivity contribution in [2.24, 2.45) is 0 Å². The summed E-state index contributed by atoms with van der Waals surface area (Å²) in [5.74, 6) is 0. The summed E-state index contributed by atoms with van der Waals surface area (Å²) in [5.41, 5.74) is 0.